The summed E-state index contributed by atoms with van der Waals surface area (Å²) in [5.74, 6) is -0.582. The van der Waals surface area contributed by atoms with Gasteiger partial charge in [0, 0.05) is 44.0 Å². The van der Waals surface area contributed by atoms with Gasteiger partial charge in [-0.25, -0.2) is 4.79 Å². The summed E-state index contributed by atoms with van der Waals surface area (Å²) in [6, 6.07) is 9.87. The maximum atomic E-state index is 13.9. The molecule has 1 N–H and O–H groups in total. The number of benzene rings is 2. The van der Waals surface area contributed by atoms with Crippen molar-refractivity contribution in [2.24, 2.45) is 0 Å². The first-order valence-corrected chi connectivity index (χ1v) is 12.6. The molecule has 1 unspecified atom stereocenters. The minimum atomic E-state index is -4.93. The zero-order valence-electron chi connectivity index (χ0n) is 22.3. The van der Waals surface area contributed by atoms with Crippen molar-refractivity contribution < 1.29 is 37.5 Å². The van der Waals surface area contributed by atoms with E-state index in [1.165, 1.54) is 17.1 Å². The summed E-state index contributed by atoms with van der Waals surface area (Å²) in [6.45, 7) is 5.59. The SMILES string of the molecule is CC(C)(C)OC(=O)N1CCC(Oc2cc(CC(O)/C=C/c3cccc(C#N)c3)c([N+](=O)[O-])cc2C(F)(F)F)CC1. The lowest BCUT2D eigenvalue weighted by molar-refractivity contribution is -0.385. The fourth-order valence-electron chi connectivity index (χ4n) is 4.15. The number of halogens is 3. The van der Waals surface area contributed by atoms with E-state index < -0.39 is 52.0 Å². The van der Waals surface area contributed by atoms with E-state index in [2.05, 4.69) is 0 Å². The molecular weight excluding hydrogens is 531 g/mol. The minimum absolute atomic E-state index is 0.137. The van der Waals surface area contributed by atoms with E-state index in [0.29, 0.717) is 17.2 Å². The second-order valence-electron chi connectivity index (χ2n) is 10.4. The van der Waals surface area contributed by atoms with Gasteiger partial charge in [0.1, 0.15) is 23.0 Å². The second-order valence-corrected chi connectivity index (χ2v) is 10.4. The van der Waals surface area contributed by atoms with Crippen LogP contribution in [-0.4, -0.2) is 51.9 Å². The molecule has 2 aromatic carbocycles. The summed E-state index contributed by atoms with van der Waals surface area (Å²) in [7, 11) is 0. The summed E-state index contributed by atoms with van der Waals surface area (Å²) < 4.78 is 52.7. The number of aliphatic hydroxyl groups excluding tert-OH is 1. The van der Waals surface area contributed by atoms with E-state index in [9.17, 15) is 33.2 Å². The van der Waals surface area contributed by atoms with E-state index in [-0.39, 0.29) is 37.9 Å². The van der Waals surface area contributed by atoms with Crippen molar-refractivity contribution in [1.82, 2.24) is 4.90 Å². The number of carbonyl (C=O) groups is 1. The van der Waals surface area contributed by atoms with Crippen LogP contribution in [-0.2, 0) is 17.3 Å². The van der Waals surface area contributed by atoms with Crippen molar-refractivity contribution in [1.29, 1.82) is 5.26 Å². The molecule has 1 heterocycles. The number of amides is 1. The molecule has 1 fully saturated rings. The molecular formula is C28H30F3N3O6. The number of hydrogen-bond acceptors (Lipinski definition) is 7. The second kappa shape index (κ2) is 12.4. The number of nitro groups is 1. The number of ether oxygens (including phenoxy) is 2. The van der Waals surface area contributed by atoms with Gasteiger partial charge in [-0.2, -0.15) is 18.4 Å². The lowest BCUT2D eigenvalue weighted by atomic mass is 10.0. The van der Waals surface area contributed by atoms with Gasteiger partial charge in [0.15, 0.2) is 0 Å². The molecule has 1 aliphatic heterocycles. The first kappa shape index (κ1) is 30.4. The maximum Gasteiger partial charge on any atom is 0.420 e. The molecule has 9 nitrogen and oxygen atoms in total. The van der Waals surface area contributed by atoms with E-state index in [0.717, 1.165) is 6.07 Å². The van der Waals surface area contributed by atoms with Crippen LogP contribution in [0.5, 0.6) is 5.75 Å². The molecule has 3 rings (SSSR count). The van der Waals surface area contributed by atoms with Crippen LogP contribution < -0.4 is 4.74 Å². The Balaban J connectivity index is 1.81. The number of piperidine rings is 1. The van der Waals surface area contributed by atoms with Crippen molar-refractivity contribution in [3.8, 4) is 11.8 Å². The van der Waals surface area contributed by atoms with E-state index >= 15 is 0 Å². The van der Waals surface area contributed by atoms with Gasteiger partial charge in [0.05, 0.1) is 22.7 Å². The van der Waals surface area contributed by atoms with Crippen LogP contribution >= 0.6 is 0 Å². The largest absolute Gasteiger partial charge is 0.490 e. The van der Waals surface area contributed by atoms with Crippen molar-refractivity contribution in [3.05, 3.63) is 74.8 Å². The molecule has 0 bridgehead atoms. The van der Waals surface area contributed by atoms with Crippen LogP contribution in [0.1, 0.15) is 55.9 Å². The van der Waals surface area contributed by atoms with Crippen molar-refractivity contribution in [2.45, 2.75) is 64.0 Å². The maximum absolute atomic E-state index is 13.9. The van der Waals surface area contributed by atoms with Gasteiger partial charge in [-0.3, -0.25) is 10.1 Å². The number of nitriles is 1. The van der Waals surface area contributed by atoms with Gasteiger partial charge in [0.25, 0.3) is 5.69 Å². The van der Waals surface area contributed by atoms with Crippen molar-refractivity contribution >= 4 is 17.9 Å². The van der Waals surface area contributed by atoms with Gasteiger partial charge in [-0.15, -0.1) is 0 Å². The third kappa shape index (κ3) is 8.44. The Bertz CT molecular complexity index is 1310. The standard InChI is InChI=1S/C28H30F3N3O6/c1-27(2,3)40-26(36)33-11-9-22(10-12-33)39-25-15-20(24(34(37)38)16-23(25)28(29,30)31)14-21(35)8-7-18-5-4-6-19(13-18)17-32/h4-8,13,15-16,21-22,35H,9-12,14H2,1-3H3/b8-7+. The average Bonchev–Trinajstić information content (AvgIpc) is 2.86. The molecule has 12 heteroatoms. The first-order chi connectivity index (χ1) is 18.7. The molecule has 1 amide bonds. The molecule has 0 aromatic heterocycles. The Morgan fingerprint density at radius 3 is 2.50 bits per heavy atom. The summed E-state index contributed by atoms with van der Waals surface area (Å²) in [5, 5.41) is 31.2. The Morgan fingerprint density at radius 1 is 1.25 bits per heavy atom. The summed E-state index contributed by atoms with van der Waals surface area (Å²) in [5.41, 5.74) is -1.92. The Kier molecular flexibility index (Phi) is 9.42. The number of aliphatic hydroxyl groups is 1. The molecule has 1 atom stereocenters. The molecule has 0 spiro atoms. The number of nitrogens with zero attached hydrogens (tertiary/aromatic N) is 3. The van der Waals surface area contributed by atoms with Crippen LogP contribution in [0.2, 0.25) is 0 Å². The summed E-state index contributed by atoms with van der Waals surface area (Å²) in [6.07, 6.45) is -4.44. The van der Waals surface area contributed by atoms with Gasteiger partial charge in [-0.1, -0.05) is 24.3 Å². The zero-order valence-corrected chi connectivity index (χ0v) is 22.3. The number of alkyl halides is 3. The Morgan fingerprint density at radius 2 is 1.93 bits per heavy atom. The van der Waals surface area contributed by atoms with Crippen LogP contribution in [0.15, 0.2) is 42.5 Å². The Hall–Kier alpha value is -4.11. The Labute approximate surface area is 229 Å². The predicted octanol–water partition coefficient (Wildman–Crippen LogP) is 5.88. The average molecular weight is 562 g/mol. The molecule has 2 aromatic rings. The lowest BCUT2D eigenvalue weighted by Crippen LogP contribution is -2.44. The van der Waals surface area contributed by atoms with Gasteiger partial charge >= 0.3 is 12.3 Å². The van der Waals surface area contributed by atoms with Crippen LogP contribution in [0, 0.1) is 21.4 Å². The fraction of sp³-hybridized carbons (Fsp3) is 0.429. The zero-order chi connectivity index (χ0) is 29.7. The van der Waals surface area contributed by atoms with Crippen LogP contribution in [0.25, 0.3) is 6.08 Å². The third-order valence-corrected chi connectivity index (χ3v) is 6.03. The highest BCUT2D eigenvalue weighted by atomic mass is 19.4. The molecule has 1 saturated heterocycles. The number of hydrogen-bond donors (Lipinski definition) is 1. The number of rotatable bonds is 7. The molecule has 0 saturated carbocycles. The normalized spacial score (nSPS) is 15.5. The highest BCUT2D eigenvalue weighted by Gasteiger charge is 2.38. The minimum Gasteiger partial charge on any atom is -0.490 e. The molecule has 40 heavy (non-hydrogen) atoms. The van der Waals surface area contributed by atoms with Crippen molar-refractivity contribution in [2.75, 3.05) is 13.1 Å². The van der Waals surface area contributed by atoms with Crippen molar-refractivity contribution in [3.63, 3.8) is 0 Å². The molecule has 214 valence electrons. The smallest absolute Gasteiger partial charge is 0.420 e. The highest BCUT2D eigenvalue weighted by Crippen LogP contribution is 2.41. The topological polar surface area (TPSA) is 126 Å². The number of carbonyl (C=O) groups excluding carboxylic acids is 1. The summed E-state index contributed by atoms with van der Waals surface area (Å²) >= 11 is 0. The predicted molar refractivity (Wildman–Crippen MR) is 139 cm³/mol. The third-order valence-electron chi connectivity index (χ3n) is 6.03. The van der Waals surface area contributed by atoms with Crippen LogP contribution in [0.3, 0.4) is 0 Å². The monoisotopic (exact) mass is 561 g/mol. The quantitative estimate of drug-likeness (QED) is 0.330. The highest BCUT2D eigenvalue weighted by molar-refractivity contribution is 5.68. The van der Waals surface area contributed by atoms with E-state index in [1.807, 2.05) is 6.07 Å². The lowest BCUT2D eigenvalue weighted by Gasteiger charge is -2.34. The summed E-state index contributed by atoms with van der Waals surface area (Å²) in [4.78, 5) is 24.5. The molecule has 0 aliphatic carbocycles. The number of likely N-dealkylation sites (tertiary alicyclic amines) is 1. The van der Waals surface area contributed by atoms with Gasteiger partial charge < -0.3 is 19.5 Å². The fourth-order valence-corrected chi connectivity index (χ4v) is 4.15. The van der Waals surface area contributed by atoms with Crippen LogP contribution in [0.4, 0.5) is 23.7 Å². The first-order valence-electron chi connectivity index (χ1n) is 12.6. The molecule has 0 radical (unpaired) electrons. The molecule has 1 aliphatic rings. The van der Waals surface area contributed by atoms with Gasteiger partial charge in [-0.05, 0) is 44.5 Å². The van der Waals surface area contributed by atoms with E-state index in [4.69, 9.17) is 14.7 Å². The number of nitro benzene ring substituents is 1. The van der Waals surface area contributed by atoms with E-state index in [1.54, 1.807) is 45.0 Å². The van der Waals surface area contributed by atoms with Gasteiger partial charge in [0.2, 0.25) is 0 Å².